The van der Waals surface area contributed by atoms with Crippen LogP contribution in [0.25, 0.3) is 0 Å². The van der Waals surface area contributed by atoms with Crippen LogP contribution in [0.1, 0.15) is 6.92 Å². The van der Waals surface area contributed by atoms with E-state index in [0.717, 1.165) is 26.2 Å². The van der Waals surface area contributed by atoms with Crippen molar-refractivity contribution in [3.8, 4) is 0 Å². The molecule has 102 valence electrons. The first-order valence-corrected chi connectivity index (χ1v) is 6.51. The Morgan fingerprint density at radius 2 is 1.94 bits per heavy atom. The van der Waals surface area contributed by atoms with Gasteiger partial charge in [0.1, 0.15) is 0 Å². The highest BCUT2D eigenvalue weighted by Crippen LogP contribution is 2.23. The monoisotopic (exact) mass is 255 g/mol. The second-order valence-electron chi connectivity index (χ2n) is 5.25. The minimum atomic E-state index is -0.792. The van der Waals surface area contributed by atoms with Gasteiger partial charge in [0.2, 0.25) is 5.91 Å². The van der Waals surface area contributed by atoms with E-state index in [1.807, 2.05) is 6.92 Å². The van der Waals surface area contributed by atoms with E-state index in [-0.39, 0.29) is 11.8 Å². The van der Waals surface area contributed by atoms with Gasteiger partial charge in [-0.1, -0.05) is 6.92 Å². The molecule has 0 unspecified atom stereocenters. The molecule has 0 radical (unpaired) electrons. The number of rotatable bonds is 3. The van der Waals surface area contributed by atoms with Crippen molar-refractivity contribution in [2.24, 2.45) is 11.8 Å². The molecule has 0 aromatic carbocycles. The molecule has 2 N–H and O–H groups in total. The first-order chi connectivity index (χ1) is 8.58. The zero-order valence-corrected chi connectivity index (χ0v) is 10.8. The maximum atomic E-state index is 12.1. The fraction of sp³-hybridized carbons (Fsp3) is 0.833. The van der Waals surface area contributed by atoms with Crippen LogP contribution in [0.4, 0.5) is 0 Å². The second-order valence-corrected chi connectivity index (χ2v) is 5.25. The van der Waals surface area contributed by atoms with Gasteiger partial charge < -0.3 is 15.3 Å². The number of piperazine rings is 1. The Bertz CT molecular complexity index is 329. The zero-order valence-electron chi connectivity index (χ0n) is 10.8. The van der Waals surface area contributed by atoms with Gasteiger partial charge in [-0.05, 0) is 5.92 Å². The molecular weight excluding hydrogens is 234 g/mol. The van der Waals surface area contributed by atoms with Crippen LogP contribution < -0.4 is 5.32 Å². The lowest BCUT2D eigenvalue weighted by molar-refractivity contribution is -0.142. The molecule has 0 bridgehead atoms. The highest BCUT2D eigenvalue weighted by Gasteiger charge is 2.37. The van der Waals surface area contributed by atoms with Crippen LogP contribution in [-0.4, -0.2) is 72.6 Å². The molecule has 0 aliphatic carbocycles. The lowest BCUT2D eigenvalue weighted by Crippen LogP contribution is -2.48. The maximum Gasteiger partial charge on any atom is 0.308 e. The van der Waals surface area contributed by atoms with Crippen molar-refractivity contribution >= 4 is 11.9 Å². The molecule has 2 heterocycles. The van der Waals surface area contributed by atoms with Crippen molar-refractivity contribution in [1.29, 1.82) is 0 Å². The van der Waals surface area contributed by atoms with E-state index < -0.39 is 11.9 Å². The van der Waals surface area contributed by atoms with Crippen molar-refractivity contribution in [2.75, 3.05) is 45.8 Å². The second kappa shape index (κ2) is 5.67. The molecule has 2 aliphatic rings. The maximum absolute atomic E-state index is 12.1. The number of likely N-dealkylation sites (tertiary alicyclic amines) is 1. The molecule has 2 rings (SSSR count). The number of carboxylic acid groups (broad SMARTS) is 1. The average molecular weight is 255 g/mol. The van der Waals surface area contributed by atoms with Crippen molar-refractivity contribution < 1.29 is 14.7 Å². The van der Waals surface area contributed by atoms with Crippen LogP contribution in [-0.2, 0) is 9.59 Å². The number of nitrogens with one attached hydrogen (secondary N) is 1. The summed E-state index contributed by atoms with van der Waals surface area (Å²) in [5.74, 6) is -1.08. The molecule has 2 fully saturated rings. The number of aliphatic carboxylic acids is 1. The normalized spacial score (nSPS) is 29.5. The summed E-state index contributed by atoms with van der Waals surface area (Å²) in [6.07, 6.45) is 0. The van der Waals surface area contributed by atoms with E-state index in [4.69, 9.17) is 5.11 Å². The van der Waals surface area contributed by atoms with Gasteiger partial charge in [0.25, 0.3) is 0 Å². The van der Waals surface area contributed by atoms with Gasteiger partial charge in [-0.3, -0.25) is 14.5 Å². The molecule has 6 heteroatoms. The van der Waals surface area contributed by atoms with Crippen molar-refractivity contribution in [3.63, 3.8) is 0 Å². The predicted molar refractivity (Wildman–Crippen MR) is 66.2 cm³/mol. The molecular formula is C12H21N3O3. The summed E-state index contributed by atoms with van der Waals surface area (Å²) in [5, 5.41) is 12.3. The molecule has 0 aromatic heterocycles. The third-order valence-electron chi connectivity index (χ3n) is 3.85. The highest BCUT2D eigenvalue weighted by atomic mass is 16.4. The van der Waals surface area contributed by atoms with E-state index in [9.17, 15) is 9.59 Å². The predicted octanol–water partition coefficient (Wildman–Crippen LogP) is -0.929. The van der Waals surface area contributed by atoms with E-state index in [2.05, 4.69) is 10.2 Å². The van der Waals surface area contributed by atoms with Gasteiger partial charge in [0, 0.05) is 39.3 Å². The minimum Gasteiger partial charge on any atom is -0.481 e. The highest BCUT2D eigenvalue weighted by molar-refractivity contribution is 5.80. The standard InChI is InChI=1S/C12H21N3O3/c1-9-6-15(7-10(9)12(17)18)11(16)8-14-4-2-13-3-5-14/h9-10,13H,2-8H2,1H3,(H,17,18)/t9-,10-/m1/s1. The Morgan fingerprint density at radius 1 is 1.28 bits per heavy atom. The number of carbonyl (C=O) groups is 2. The fourth-order valence-electron chi connectivity index (χ4n) is 2.65. The molecule has 0 saturated carbocycles. The molecule has 1 amide bonds. The van der Waals surface area contributed by atoms with E-state index >= 15 is 0 Å². The number of carbonyl (C=O) groups excluding carboxylic acids is 1. The zero-order chi connectivity index (χ0) is 13.1. The minimum absolute atomic E-state index is 0.0504. The van der Waals surface area contributed by atoms with Gasteiger partial charge in [-0.2, -0.15) is 0 Å². The molecule has 18 heavy (non-hydrogen) atoms. The number of nitrogens with zero attached hydrogens (tertiary/aromatic N) is 2. The van der Waals surface area contributed by atoms with Gasteiger partial charge in [-0.15, -0.1) is 0 Å². The molecule has 0 aromatic rings. The summed E-state index contributed by atoms with van der Waals surface area (Å²) in [6.45, 7) is 6.86. The first kappa shape index (κ1) is 13.3. The SMILES string of the molecule is C[C@@H]1CN(C(=O)CN2CCNCC2)C[C@H]1C(=O)O. The van der Waals surface area contributed by atoms with E-state index in [1.54, 1.807) is 4.90 Å². The summed E-state index contributed by atoms with van der Waals surface area (Å²) in [5.41, 5.74) is 0. The average Bonchev–Trinajstić information content (AvgIpc) is 2.73. The van der Waals surface area contributed by atoms with Crippen LogP contribution in [0.2, 0.25) is 0 Å². The smallest absolute Gasteiger partial charge is 0.308 e. The lowest BCUT2D eigenvalue weighted by atomic mass is 9.99. The molecule has 2 saturated heterocycles. The number of hydrogen-bond donors (Lipinski definition) is 2. The lowest BCUT2D eigenvalue weighted by Gasteiger charge is -2.28. The number of amides is 1. The van der Waals surface area contributed by atoms with E-state index in [0.29, 0.717) is 19.6 Å². The van der Waals surface area contributed by atoms with Gasteiger partial charge in [-0.25, -0.2) is 0 Å². The van der Waals surface area contributed by atoms with E-state index in [1.165, 1.54) is 0 Å². The molecule has 0 spiro atoms. The Balaban J connectivity index is 1.84. The van der Waals surface area contributed by atoms with Crippen LogP contribution >= 0.6 is 0 Å². The summed E-state index contributed by atoms with van der Waals surface area (Å²) in [6, 6.07) is 0. The van der Waals surface area contributed by atoms with Gasteiger partial charge in [0.15, 0.2) is 0 Å². The fourth-order valence-corrected chi connectivity index (χ4v) is 2.65. The quantitative estimate of drug-likeness (QED) is 0.682. The first-order valence-electron chi connectivity index (χ1n) is 6.51. The summed E-state index contributed by atoms with van der Waals surface area (Å²) in [7, 11) is 0. The third-order valence-corrected chi connectivity index (χ3v) is 3.85. The Morgan fingerprint density at radius 3 is 2.50 bits per heavy atom. The van der Waals surface area contributed by atoms with Gasteiger partial charge in [0.05, 0.1) is 12.5 Å². The Kier molecular flexibility index (Phi) is 4.19. The van der Waals surface area contributed by atoms with Crippen molar-refractivity contribution in [3.05, 3.63) is 0 Å². The van der Waals surface area contributed by atoms with Crippen LogP contribution in [0.5, 0.6) is 0 Å². The summed E-state index contributed by atoms with van der Waals surface area (Å²) >= 11 is 0. The van der Waals surface area contributed by atoms with Crippen molar-refractivity contribution in [1.82, 2.24) is 15.1 Å². The topological polar surface area (TPSA) is 72.9 Å². The Hall–Kier alpha value is -1.14. The third kappa shape index (κ3) is 3.00. The Labute approximate surface area is 107 Å². The molecule has 2 atom stereocenters. The largest absolute Gasteiger partial charge is 0.481 e. The van der Waals surface area contributed by atoms with Crippen molar-refractivity contribution in [2.45, 2.75) is 6.92 Å². The van der Waals surface area contributed by atoms with Crippen LogP contribution in [0.15, 0.2) is 0 Å². The summed E-state index contributed by atoms with van der Waals surface area (Å²) < 4.78 is 0. The summed E-state index contributed by atoms with van der Waals surface area (Å²) in [4.78, 5) is 26.9. The molecule has 2 aliphatic heterocycles. The van der Waals surface area contributed by atoms with Crippen LogP contribution in [0, 0.1) is 11.8 Å². The van der Waals surface area contributed by atoms with Crippen LogP contribution in [0.3, 0.4) is 0 Å². The number of hydrogen-bond acceptors (Lipinski definition) is 4. The molecule has 6 nitrogen and oxygen atoms in total. The van der Waals surface area contributed by atoms with Gasteiger partial charge >= 0.3 is 5.97 Å². The number of carboxylic acids is 1.